The molecule has 1 amide bonds. The molecule has 4 heterocycles. The zero-order chi connectivity index (χ0) is 18.7. The van der Waals surface area contributed by atoms with Gasteiger partial charge < -0.3 is 24.4 Å². The summed E-state index contributed by atoms with van der Waals surface area (Å²) < 4.78 is 16.8. The number of fused-ring (bicyclic) bond motifs is 4. The van der Waals surface area contributed by atoms with Gasteiger partial charge in [-0.25, -0.2) is 0 Å². The van der Waals surface area contributed by atoms with Gasteiger partial charge in [-0.1, -0.05) is 18.2 Å². The van der Waals surface area contributed by atoms with Crippen LogP contribution in [0.1, 0.15) is 24.0 Å². The van der Waals surface area contributed by atoms with Crippen molar-refractivity contribution in [3.05, 3.63) is 47.5 Å². The maximum absolute atomic E-state index is 13.1. The lowest BCUT2D eigenvalue weighted by atomic mass is 9.74. The van der Waals surface area contributed by atoms with Gasteiger partial charge in [0.05, 0.1) is 6.61 Å². The van der Waals surface area contributed by atoms with E-state index in [2.05, 4.69) is 17.4 Å². The van der Waals surface area contributed by atoms with Gasteiger partial charge in [0, 0.05) is 42.2 Å². The molecule has 2 aromatic carbocycles. The molecule has 1 atom stereocenters. The summed E-state index contributed by atoms with van der Waals surface area (Å²) in [6.07, 6.45) is 2.59. The van der Waals surface area contributed by atoms with Crippen LogP contribution in [0.25, 0.3) is 0 Å². The number of anilines is 1. The summed E-state index contributed by atoms with van der Waals surface area (Å²) in [5.41, 5.74) is 3.47. The third-order valence-electron chi connectivity index (χ3n) is 6.64. The van der Waals surface area contributed by atoms with E-state index in [9.17, 15) is 4.79 Å². The largest absolute Gasteiger partial charge is 0.492 e. The zero-order valence-electron chi connectivity index (χ0n) is 15.6. The quantitative estimate of drug-likeness (QED) is 0.827. The lowest BCUT2D eigenvalue weighted by Gasteiger charge is -2.39. The fourth-order valence-corrected chi connectivity index (χ4v) is 5.01. The number of nitrogens with one attached hydrogen (secondary N) is 1. The maximum Gasteiger partial charge on any atom is 0.245 e. The monoisotopic (exact) mass is 378 g/mol. The SMILES string of the molecule is O=C(C1Cc2cc3c(cc2N1)OCO3)N1CCC2(CC1)COc1ccccc12. The van der Waals surface area contributed by atoms with Crippen molar-refractivity contribution in [3.8, 4) is 17.2 Å². The summed E-state index contributed by atoms with van der Waals surface area (Å²) in [4.78, 5) is 15.2. The Morgan fingerprint density at radius 2 is 1.82 bits per heavy atom. The van der Waals surface area contributed by atoms with E-state index in [1.54, 1.807) is 0 Å². The van der Waals surface area contributed by atoms with Crippen LogP contribution in [0.15, 0.2) is 36.4 Å². The van der Waals surface area contributed by atoms with Crippen LogP contribution < -0.4 is 19.5 Å². The van der Waals surface area contributed by atoms with Crippen LogP contribution in [0, 0.1) is 0 Å². The number of piperidine rings is 1. The first-order valence-electron chi connectivity index (χ1n) is 9.92. The van der Waals surface area contributed by atoms with Crippen molar-refractivity contribution in [3.63, 3.8) is 0 Å². The smallest absolute Gasteiger partial charge is 0.245 e. The van der Waals surface area contributed by atoms with Crippen LogP contribution in [-0.4, -0.2) is 43.3 Å². The molecule has 0 radical (unpaired) electrons. The molecule has 4 aliphatic rings. The van der Waals surface area contributed by atoms with Crippen LogP contribution in [0.5, 0.6) is 17.2 Å². The Labute approximate surface area is 163 Å². The molecule has 1 saturated heterocycles. The number of rotatable bonds is 1. The summed E-state index contributed by atoms with van der Waals surface area (Å²) in [5.74, 6) is 2.71. The Balaban J connectivity index is 1.15. The first kappa shape index (κ1) is 16.1. The lowest BCUT2D eigenvalue weighted by Crippen LogP contribution is -2.50. The Morgan fingerprint density at radius 3 is 2.68 bits per heavy atom. The summed E-state index contributed by atoms with van der Waals surface area (Å²) in [6.45, 7) is 2.54. The number of carbonyl (C=O) groups is 1. The van der Waals surface area contributed by atoms with E-state index in [0.717, 1.165) is 61.0 Å². The van der Waals surface area contributed by atoms with Gasteiger partial charge in [-0.05, 0) is 30.5 Å². The second-order valence-corrected chi connectivity index (χ2v) is 8.15. The molecule has 144 valence electrons. The van der Waals surface area contributed by atoms with Gasteiger partial charge in [-0.15, -0.1) is 0 Å². The Bertz CT molecular complexity index is 932. The average molecular weight is 378 g/mol. The third kappa shape index (κ3) is 2.30. The van der Waals surface area contributed by atoms with E-state index in [1.165, 1.54) is 5.56 Å². The van der Waals surface area contributed by atoms with Crippen LogP contribution in [0.2, 0.25) is 0 Å². The van der Waals surface area contributed by atoms with Crippen molar-refractivity contribution in [2.45, 2.75) is 30.7 Å². The number of nitrogens with zero attached hydrogens (tertiary/aromatic N) is 1. The van der Waals surface area contributed by atoms with Crippen molar-refractivity contribution in [2.75, 3.05) is 31.8 Å². The highest BCUT2D eigenvalue weighted by molar-refractivity contribution is 5.88. The molecular weight excluding hydrogens is 356 g/mol. The molecule has 1 fully saturated rings. The number of benzene rings is 2. The summed E-state index contributed by atoms with van der Waals surface area (Å²) in [5, 5.41) is 3.39. The molecular formula is C22H22N2O4. The van der Waals surface area contributed by atoms with Crippen molar-refractivity contribution in [1.29, 1.82) is 0 Å². The zero-order valence-corrected chi connectivity index (χ0v) is 15.6. The number of hydrogen-bond donors (Lipinski definition) is 1. The molecule has 6 rings (SSSR count). The fourth-order valence-electron chi connectivity index (χ4n) is 5.01. The molecule has 6 heteroatoms. The molecule has 1 N–H and O–H groups in total. The summed E-state index contributed by atoms with van der Waals surface area (Å²) in [7, 11) is 0. The average Bonchev–Trinajstić information content (AvgIpc) is 3.44. The van der Waals surface area contributed by atoms with Crippen LogP contribution in [0.3, 0.4) is 0 Å². The number of carbonyl (C=O) groups excluding carboxylic acids is 1. The number of para-hydroxylation sites is 1. The molecule has 1 spiro atoms. The topological polar surface area (TPSA) is 60.0 Å². The molecule has 0 saturated carbocycles. The second-order valence-electron chi connectivity index (χ2n) is 8.15. The maximum atomic E-state index is 13.1. The minimum absolute atomic E-state index is 0.0644. The van der Waals surface area contributed by atoms with E-state index < -0.39 is 0 Å². The molecule has 28 heavy (non-hydrogen) atoms. The number of ether oxygens (including phenoxy) is 3. The molecule has 2 aromatic rings. The van der Waals surface area contributed by atoms with Crippen molar-refractivity contribution >= 4 is 11.6 Å². The van der Waals surface area contributed by atoms with E-state index in [0.29, 0.717) is 6.42 Å². The van der Waals surface area contributed by atoms with Gasteiger partial charge >= 0.3 is 0 Å². The number of hydrogen-bond acceptors (Lipinski definition) is 5. The number of amides is 1. The van der Waals surface area contributed by atoms with E-state index >= 15 is 0 Å². The van der Waals surface area contributed by atoms with Gasteiger partial charge in [-0.2, -0.15) is 0 Å². The summed E-state index contributed by atoms with van der Waals surface area (Å²) in [6, 6.07) is 12.1. The first-order valence-corrected chi connectivity index (χ1v) is 9.92. The molecule has 4 aliphatic heterocycles. The van der Waals surface area contributed by atoms with Gasteiger partial charge in [0.25, 0.3) is 0 Å². The Morgan fingerprint density at radius 1 is 1.04 bits per heavy atom. The standard InChI is InChI=1S/C22H22N2O4/c25-21(17-9-14-10-19-20(28-13-27-19)11-16(14)23-17)24-7-5-22(6-8-24)12-26-18-4-2-1-3-15(18)22/h1-4,10-11,17,23H,5-9,12-13H2. The minimum Gasteiger partial charge on any atom is -0.492 e. The Kier molecular flexibility index (Phi) is 3.34. The fraction of sp³-hybridized carbons (Fsp3) is 0.409. The van der Waals surface area contributed by atoms with Crippen molar-refractivity contribution in [2.24, 2.45) is 0 Å². The predicted octanol–water partition coefficient (Wildman–Crippen LogP) is 2.70. The van der Waals surface area contributed by atoms with Crippen LogP contribution >= 0.6 is 0 Å². The highest BCUT2D eigenvalue weighted by Crippen LogP contribution is 2.46. The van der Waals surface area contributed by atoms with E-state index in [-0.39, 0.29) is 24.2 Å². The van der Waals surface area contributed by atoms with Gasteiger partial charge in [0.2, 0.25) is 12.7 Å². The lowest BCUT2D eigenvalue weighted by molar-refractivity contribution is -0.133. The van der Waals surface area contributed by atoms with Gasteiger partial charge in [-0.3, -0.25) is 4.79 Å². The third-order valence-corrected chi connectivity index (χ3v) is 6.64. The van der Waals surface area contributed by atoms with Crippen molar-refractivity contribution < 1.29 is 19.0 Å². The first-order chi connectivity index (χ1) is 13.7. The minimum atomic E-state index is -0.210. The van der Waals surface area contributed by atoms with Gasteiger partial charge in [0.15, 0.2) is 11.5 Å². The molecule has 0 bridgehead atoms. The number of likely N-dealkylation sites (tertiary alicyclic amines) is 1. The molecule has 0 aromatic heterocycles. The van der Waals surface area contributed by atoms with Crippen LogP contribution in [-0.2, 0) is 16.6 Å². The Hall–Kier alpha value is -2.89. The molecule has 1 unspecified atom stereocenters. The highest BCUT2D eigenvalue weighted by Gasteiger charge is 2.44. The van der Waals surface area contributed by atoms with E-state index in [4.69, 9.17) is 14.2 Å². The molecule has 6 nitrogen and oxygen atoms in total. The predicted molar refractivity (Wildman–Crippen MR) is 103 cm³/mol. The van der Waals surface area contributed by atoms with E-state index in [1.807, 2.05) is 29.2 Å². The molecule has 0 aliphatic carbocycles. The second kappa shape index (κ2) is 5.80. The summed E-state index contributed by atoms with van der Waals surface area (Å²) >= 11 is 0. The van der Waals surface area contributed by atoms with Crippen LogP contribution in [0.4, 0.5) is 5.69 Å². The highest BCUT2D eigenvalue weighted by atomic mass is 16.7. The van der Waals surface area contributed by atoms with Crippen molar-refractivity contribution in [1.82, 2.24) is 4.90 Å². The normalized spacial score (nSPS) is 23.1. The van der Waals surface area contributed by atoms with Gasteiger partial charge in [0.1, 0.15) is 11.8 Å².